The van der Waals surface area contributed by atoms with Gasteiger partial charge in [0.1, 0.15) is 0 Å². The molecule has 2 aromatic carbocycles. The molecule has 0 saturated heterocycles. The third-order valence-corrected chi connectivity index (χ3v) is 5.18. The molecule has 0 fully saturated rings. The molecule has 0 aromatic heterocycles. The van der Waals surface area contributed by atoms with Crippen LogP contribution in [0.5, 0.6) is 0 Å². The van der Waals surface area contributed by atoms with Crippen molar-refractivity contribution in [3.63, 3.8) is 0 Å². The van der Waals surface area contributed by atoms with Gasteiger partial charge >= 0.3 is 0 Å². The van der Waals surface area contributed by atoms with Crippen LogP contribution in [0.2, 0.25) is 0 Å². The molecule has 0 aliphatic rings. The first-order valence-electron chi connectivity index (χ1n) is 7.55. The average molecular weight is 330 g/mol. The summed E-state index contributed by atoms with van der Waals surface area (Å²) in [4.78, 5) is 2.59. The van der Waals surface area contributed by atoms with Crippen molar-refractivity contribution in [3.05, 3.63) is 64.2 Å². The van der Waals surface area contributed by atoms with Crippen molar-refractivity contribution < 1.29 is 8.42 Å². The topological polar surface area (TPSA) is 58.5 Å². The number of hydrazone groups is 1. The molecule has 2 rings (SSSR count). The smallest absolute Gasteiger partial charge is 0.200 e. The minimum absolute atomic E-state index is 0.293. The SMILES string of the molecule is CCc1ccc(/C=N/NS(=O)(=O)c2c(C)cc(C)cc2C)cc1. The maximum Gasteiger partial charge on any atom is 0.277 e. The first kappa shape index (κ1) is 17.2. The Labute approximate surface area is 138 Å². The normalized spacial score (nSPS) is 11.8. The highest BCUT2D eigenvalue weighted by Gasteiger charge is 2.18. The monoisotopic (exact) mass is 330 g/mol. The van der Waals surface area contributed by atoms with Gasteiger partial charge in [-0.3, -0.25) is 0 Å². The highest BCUT2D eigenvalue weighted by atomic mass is 32.2. The first-order chi connectivity index (χ1) is 10.8. The molecule has 0 aliphatic heterocycles. The zero-order valence-corrected chi connectivity index (χ0v) is 14.7. The molecule has 0 heterocycles. The Hall–Kier alpha value is -2.14. The van der Waals surface area contributed by atoms with Gasteiger partial charge < -0.3 is 0 Å². The van der Waals surface area contributed by atoms with E-state index in [1.54, 1.807) is 13.8 Å². The summed E-state index contributed by atoms with van der Waals surface area (Å²) in [6, 6.07) is 11.6. The van der Waals surface area contributed by atoms with E-state index in [9.17, 15) is 8.42 Å². The van der Waals surface area contributed by atoms with Crippen molar-refractivity contribution in [2.75, 3.05) is 0 Å². The largest absolute Gasteiger partial charge is 0.277 e. The van der Waals surface area contributed by atoms with Crippen molar-refractivity contribution in [3.8, 4) is 0 Å². The summed E-state index contributed by atoms with van der Waals surface area (Å²) in [5.41, 5.74) is 4.56. The molecule has 0 radical (unpaired) electrons. The van der Waals surface area contributed by atoms with Crippen molar-refractivity contribution in [2.45, 2.75) is 39.0 Å². The van der Waals surface area contributed by atoms with Crippen LogP contribution in [0.4, 0.5) is 0 Å². The summed E-state index contributed by atoms with van der Waals surface area (Å²) in [7, 11) is -3.67. The Bertz CT molecular complexity index is 800. The van der Waals surface area contributed by atoms with E-state index in [-0.39, 0.29) is 0 Å². The average Bonchev–Trinajstić information content (AvgIpc) is 2.46. The maximum atomic E-state index is 12.5. The highest BCUT2D eigenvalue weighted by Crippen LogP contribution is 2.21. The lowest BCUT2D eigenvalue weighted by Gasteiger charge is -2.11. The van der Waals surface area contributed by atoms with Gasteiger partial charge in [0.25, 0.3) is 10.0 Å². The van der Waals surface area contributed by atoms with Gasteiger partial charge in [-0.25, -0.2) is 4.83 Å². The van der Waals surface area contributed by atoms with Crippen LogP contribution in [0.1, 0.15) is 34.7 Å². The summed E-state index contributed by atoms with van der Waals surface area (Å²) >= 11 is 0. The molecule has 0 aliphatic carbocycles. The van der Waals surface area contributed by atoms with Crippen LogP contribution >= 0.6 is 0 Å². The van der Waals surface area contributed by atoms with Gasteiger partial charge in [0, 0.05) is 0 Å². The fourth-order valence-electron chi connectivity index (χ4n) is 2.65. The van der Waals surface area contributed by atoms with Gasteiger partial charge in [-0.05, 0) is 49.4 Å². The van der Waals surface area contributed by atoms with E-state index in [1.165, 1.54) is 11.8 Å². The van der Waals surface area contributed by atoms with Crippen LogP contribution in [0.15, 0.2) is 46.4 Å². The number of hydrogen-bond acceptors (Lipinski definition) is 3. The lowest BCUT2D eigenvalue weighted by atomic mass is 10.1. The highest BCUT2D eigenvalue weighted by molar-refractivity contribution is 7.89. The van der Waals surface area contributed by atoms with Gasteiger partial charge in [0.2, 0.25) is 0 Å². The minimum Gasteiger partial charge on any atom is -0.200 e. The lowest BCUT2D eigenvalue weighted by molar-refractivity contribution is 0.583. The number of nitrogens with zero attached hydrogens (tertiary/aromatic N) is 1. The predicted octanol–water partition coefficient (Wildman–Crippen LogP) is 3.49. The third kappa shape index (κ3) is 4.20. The molecule has 0 amide bonds. The second-order valence-corrected chi connectivity index (χ2v) is 7.27. The van der Waals surface area contributed by atoms with Crippen molar-refractivity contribution in [2.24, 2.45) is 5.10 Å². The summed E-state index contributed by atoms with van der Waals surface area (Å²) in [5, 5.41) is 3.89. The van der Waals surface area contributed by atoms with E-state index in [4.69, 9.17) is 0 Å². The van der Waals surface area contributed by atoms with Gasteiger partial charge in [0.15, 0.2) is 0 Å². The summed E-state index contributed by atoms with van der Waals surface area (Å²) in [6.07, 6.45) is 2.48. The number of hydrogen-bond donors (Lipinski definition) is 1. The zero-order chi connectivity index (χ0) is 17.0. The number of benzene rings is 2. The van der Waals surface area contributed by atoms with Crippen molar-refractivity contribution in [1.29, 1.82) is 0 Å². The molecular weight excluding hydrogens is 308 g/mol. The fraction of sp³-hybridized carbons (Fsp3) is 0.278. The van der Waals surface area contributed by atoms with Crippen molar-refractivity contribution in [1.82, 2.24) is 4.83 Å². The fourth-order valence-corrected chi connectivity index (χ4v) is 3.89. The van der Waals surface area contributed by atoms with Gasteiger partial charge in [-0.15, -0.1) is 0 Å². The molecule has 4 nitrogen and oxygen atoms in total. The van der Waals surface area contributed by atoms with Gasteiger partial charge in [-0.2, -0.15) is 13.5 Å². The molecule has 5 heteroatoms. The van der Waals surface area contributed by atoms with E-state index in [0.29, 0.717) is 4.90 Å². The third-order valence-electron chi connectivity index (χ3n) is 3.65. The number of rotatable bonds is 5. The predicted molar refractivity (Wildman–Crippen MR) is 94.4 cm³/mol. The van der Waals surface area contributed by atoms with Crippen LogP contribution in [0, 0.1) is 20.8 Å². The molecule has 0 spiro atoms. The second kappa shape index (κ2) is 6.96. The summed E-state index contributed by atoms with van der Waals surface area (Å²) in [5.74, 6) is 0. The van der Waals surface area contributed by atoms with Gasteiger partial charge in [-0.1, -0.05) is 48.9 Å². The zero-order valence-electron chi connectivity index (χ0n) is 13.9. The number of sulfonamides is 1. The molecular formula is C18H22N2O2S. The Morgan fingerprint density at radius 1 is 1.04 bits per heavy atom. The van der Waals surface area contributed by atoms with E-state index in [2.05, 4.69) is 16.9 Å². The van der Waals surface area contributed by atoms with Crippen LogP contribution in [-0.2, 0) is 16.4 Å². The first-order valence-corrected chi connectivity index (χ1v) is 9.03. The molecule has 2 aromatic rings. The van der Waals surface area contributed by atoms with E-state index < -0.39 is 10.0 Å². The van der Waals surface area contributed by atoms with E-state index >= 15 is 0 Å². The van der Waals surface area contributed by atoms with E-state index in [1.807, 2.05) is 43.3 Å². The molecule has 0 unspecified atom stereocenters. The Morgan fingerprint density at radius 2 is 1.61 bits per heavy atom. The molecule has 1 N–H and O–H groups in total. The molecule has 23 heavy (non-hydrogen) atoms. The summed E-state index contributed by atoms with van der Waals surface area (Å²) < 4.78 is 24.9. The summed E-state index contributed by atoms with van der Waals surface area (Å²) in [6.45, 7) is 7.62. The van der Waals surface area contributed by atoms with Crippen LogP contribution in [0.3, 0.4) is 0 Å². The number of nitrogens with one attached hydrogen (secondary N) is 1. The standard InChI is InChI=1S/C18H22N2O2S/c1-5-16-6-8-17(9-7-16)12-19-20-23(21,22)18-14(3)10-13(2)11-15(18)4/h6-12,20H,5H2,1-4H3/b19-12+. The molecule has 0 atom stereocenters. The second-order valence-electron chi connectivity index (χ2n) is 5.68. The maximum absolute atomic E-state index is 12.5. The van der Waals surface area contributed by atoms with Crippen LogP contribution in [0.25, 0.3) is 0 Å². The van der Waals surface area contributed by atoms with Crippen LogP contribution < -0.4 is 4.83 Å². The van der Waals surface area contributed by atoms with Crippen LogP contribution in [-0.4, -0.2) is 14.6 Å². The van der Waals surface area contributed by atoms with E-state index in [0.717, 1.165) is 28.7 Å². The number of aryl methyl sites for hydroxylation is 4. The minimum atomic E-state index is -3.67. The Morgan fingerprint density at radius 3 is 2.13 bits per heavy atom. The molecule has 122 valence electrons. The quantitative estimate of drug-likeness (QED) is 0.674. The van der Waals surface area contributed by atoms with Crippen molar-refractivity contribution >= 4 is 16.2 Å². The lowest BCUT2D eigenvalue weighted by Crippen LogP contribution is -2.20. The Kier molecular flexibility index (Phi) is 5.21. The Balaban J connectivity index is 2.20. The van der Waals surface area contributed by atoms with Gasteiger partial charge in [0.05, 0.1) is 11.1 Å². The molecule has 0 saturated carbocycles. The molecule has 0 bridgehead atoms.